The number of hydrogen-bond donors (Lipinski definition) is 1. The molecule has 166 valence electrons. The van der Waals surface area contributed by atoms with Crippen LogP contribution in [0.5, 0.6) is 5.75 Å². The molecule has 2 aromatic carbocycles. The van der Waals surface area contributed by atoms with Gasteiger partial charge in [0, 0.05) is 28.1 Å². The topological polar surface area (TPSA) is 38.3 Å². The number of carbonyl (C=O) groups excluding carboxylic acids is 1. The van der Waals surface area contributed by atoms with Gasteiger partial charge < -0.3 is 10.1 Å². The molecule has 0 fully saturated rings. The van der Waals surface area contributed by atoms with Crippen LogP contribution >= 0.6 is 35.0 Å². The van der Waals surface area contributed by atoms with E-state index >= 15 is 0 Å². The minimum Gasteiger partial charge on any atom is -0.472 e. The normalized spacial score (nSPS) is 19.2. The zero-order valence-electron chi connectivity index (χ0n) is 16.7. The van der Waals surface area contributed by atoms with Crippen molar-refractivity contribution in [2.45, 2.75) is 31.2 Å². The average Bonchev–Trinajstić information content (AvgIpc) is 3.06. The number of halogens is 5. The lowest BCUT2D eigenvalue weighted by molar-refractivity contribution is -0.248. The second-order valence-corrected chi connectivity index (χ2v) is 9.02. The molecule has 1 aliphatic heterocycles. The summed E-state index contributed by atoms with van der Waals surface area (Å²) in [6, 6.07) is 8.46. The van der Waals surface area contributed by atoms with Gasteiger partial charge in [-0.15, -0.1) is 0 Å². The first kappa shape index (κ1) is 23.8. The van der Waals surface area contributed by atoms with E-state index in [1.54, 1.807) is 24.3 Å². The minimum atomic E-state index is -4.69. The van der Waals surface area contributed by atoms with Crippen molar-refractivity contribution in [3.63, 3.8) is 0 Å². The van der Waals surface area contributed by atoms with Crippen LogP contribution in [0.3, 0.4) is 0 Å². The molecular weight excluding hydrogens is 470 g/mol. The Bertz CT molecular complexity index is 992. The molecule has 1 amide bonds. The summed E-state index contributed by atoms with van der Waals surface area (Å²) >= 11 is 13.3. The second kappa shape index (κ2) is 9.35. The van der Waals surface area contributed by atoms with Crippen LogP contribution in [0.4, 0.5) is 13.2 Å². The SMILES string of the molecule is CSCC(=O)NC(C)/C=C\c1ccc2c(c1)CC(c1cc(Cl)cc(Cl)c1)(C(F)(F)F)O2. The maximum Gasteiger partial charge on any atom is 0.432 e. The summed E-state index contributed by atoms with van der Waals surface area (Å²) < 4.78 is 48.1. The Labute approximate surface area is 192 Å². The lowest BCUT2D eigenvalue weighted by Crippen LogP contribution is -2.46. The summed E-state index contributed by atoms with van der Waals surface area (Å²) in [5, 5.41) is 3.03. The van der Waals surface area contributed by atoms with Crippen molar-refractivity contribution in [1.82, 2.24) is 5.32 Å². The molecule has 1 N–H and O–H groups in total. The lowest BCUT2D eigenvalue weighted by atomic mass is 9.88. The van der Waals surface area contributed by atoms with Gasteiger partial charge in [-0.2, -0.15) is 24.9 Å². The number of benzene rings is 2. The molecule has 0 spiro atoms. The molecule has 0 saturated heterocycles. The molecule has 1 aliphatic rings. The van der Waals surface area contributed by atoms with Crippen molar-refractivity contribution in [2.24, 2.45) is 0 Å². The summed E-state index contributed by atoms with van der Waals surface area (Å²) in [5.74, 6) is 0.440. The van der Waals surface area contributed by atoms with Crippen LogP contribution in [0.2, 0.25) is 10.0 Å². The third kappa shape index (κ3) is 5.33. The van der Waals surface area contributed by atoms with Crippen LogP contribution in [-0.2, 0) is 16.8 Å². The van der Waals surface area contributed by atoms with E-state index in [1.807, 2.05) is 13.2 Å². The third-order valence-corrected chi connectivity index (χ3v) is 5.82. The monoisotopic (exact) mass is 489 g/mol. The Morgan fingerprint density at radius 3 is 2.55 bits per heavy atom. The molecule has 31 heavy (non-hydrogen) atoms. The molecule has 0 radical (unpaired) electrons. The molecule has 1 heterocycles. The van der Waals surface area contributed by atoms with Crippen molar-refractivity contribution < 1.29 is 22.7 Å². The van der Waals surface area contributed by atoms with E-state index < -0.39 is 18.2 Å². The predicted octanol–water partition coefficient (Wildman–Crippen LogP) is 6.27. The predicted molar refractivity (Wildman–Crippen MR) is 120 cm³/mol. The highest BCUT2D eigenvalue weighted by atomic mass is 35.5. The highest BCUT2D eigenvalue weighted by Crippen LogP contribution is 2.51. The first-order valence-electron chi connectivity index (χ1n) is 9.36. The smallest absolute Gasteiger partial charge is 0.432 e. The van der Waals surface area contributed by atoms with Crippen LogP contribution in [0, 0.1) is 0 Å². The van der Waals surface area contributed by atoms with Crippen LogP contribution in [0.1, 0.15) is 23.6 Å². The van der Waals surface area contributed by atoms with Crippen LogP contribution in [-0.4, -0.2) is 30.1 Å². The standard InChI is InChI=1S/C22H20Cl2F3NO2S/c1-13(28-20(29)12-31-2)3-4-14-5-6-19-15(7-14)11-21(30-19,22(25,26)27)16-8-17(23)10-18(24)9-16/h3-10,13H,11-12H2,1-2H3,(H,28,29)/b4-3-. The maximum atomic E-state index is 14.2. The fourth-order valence-corrected chi connectivity index (χ4v) is 4.30. The third-order valence-electron chi connectivity index (χ3n) is 4.84. The van der Waals surface area contributed by atoms with Gasteiger partial charge in [-0.1, -0.05) is 41.4 Å². The van der Waals surface area contributed by atoms with E-state index in [1.165, 1.54) is 36.0 Å². The summed E-state index contributed by atoms with van der Waals surface area (Å²) in [6.07, 6.45) is 0.291. The molecule has 3 nitrogen and oxygen atoms in total. The Morgan fingerprint density at radius 2 is 1.94 bits per heavy atom. The Hall–Kier alpha value is -1.83. The Balaban J connectivity index is 1.87. The molecule has 0 saturated carbocycles. The molecule has 0 aliphatic carbocycles. The summed E-state index contributed by atoms with van der Waals surface area (Å²) in [7, 11) is 0. The zero-order chi connectivity index (χ0) is 22.8. The summed E-state index contributed by atoms with van der Waals surface area (Å²) in [5.41, 5.74) is -1.58. The summed E-state index contributed by atoms with van der Waals surface area (Å²) in [6.45, 7) is 1.82. The van der Waals surface area contributed by atoms with E-state index in [4.69, 9.17) is 27.9 Å². The summed E-state index contributed by atoms with van der Waals surface area (Å²) in [4.78, 5) is 11.7. The van der Waals surface area contributed by atoms with E-state index in [9.17, 15) is 18.0 Å². The van der Waals surface area contributed by atoms with Gasteiger partial charge in [-0.3, -0.25) is 4.79 Å². The van der Waals surface area contributed by atoms with Crippen LogP contribution < -0.4 is 10.1 Å². The fourth-order valence-electron chi connectivity index (χ4n) is 3.43. The first-order chi connectivity index (χ1) is 14.5. The van der Waals surface area contributed by atoms with Crippen LogP contribution in [0.25, 0.3) is 6.08 Å². The molecule has 0 aromatic heterocycles. The number of nitrogens with one attached hydrogen (secondary N) is 1. The number of alkyl halides is 3. The number of rotatable bonds is 6. The van der Waals surface area contributed by atoms with Gasteiger partial charge in [-0.25, -0.2) is 0 Å². The van der Waals surface area contributed by atoms with Gasteiger partial charge in [0.05, 0.1) is 5.75 Å². The minimum absolute atomic E-state index is 0.0813. The van der Waals surface area contributed by atoms with Crippen molar-refractivity contribution in [1.29, 1.82) is 0 Å². The van der Waals surface area contributed by atoms with Gasteiger partial charge in [0.1, 0.15) is 5.75 Å². The molecule has 2 atom stereocenters. The number of carbonyl (C=O) groups is 1. The largest absolute Gasteiger partial charge is 0.472 e. The fraction of sp³-hybridized carbons (Fsp3) is 0.318. The Morgan fingerprint density at radius 1 is 1.26 bits per heavy atom. The molecular formula is C22H20Cl2F3NO2S. The number of hydrogen-bond acceptors (Lipinski definition) is 3. The quantitative estimate of drug-likeness (QED) is 0.519. The molecule has 9 heteroatoms. The Kier molecular flexibility index (Phi) is 7.18. The molecule has 2 aromatic rings. The zero-order valence-corrected chi connectivity index (χ0v) is 19.1. The number of amides is 1. The van der Waals surface area contributed by atoms with Crippen molar-refractivity contribution in [3.8, 4) is 5.75 Å². The molecule has 0 bridgehead atoms. The number of ether oxygens (including phenoxy) is 1. The maximum absolute atomic E-state index is 14.2. The van der Waals surface area contributed by atoms with Crippen molar-refractivity contribution in [2.75, 3.05) is 12.0 Å². The second-order valence-electron chi connectivity index (χ2n) is 7.28. The lowest BCUT2D eigenvalue weighted by Gasteiger charge is -2.31. The van der Waals surface area contributed by atoms with Crippen molar-refractivity contribution in [3.05, 3.63) is 69.2 Å². The number of fused-ring (bicyclic) bond motifs is 1. The van der Waals surface area contributed by atoms with Gasteiger partial charge >= 0.3 is 6.18 Å². The van der Waals surface area contributed by atoms with E-state index in [-0.39, 0.29) is 33.3 Å². The van der Waals surface area contributed by atoms with E-state index in [0.717, 1.165) is 0 Å². The van der Waals surface area contributed by atoms with Gasteiger partial charge in [0.25, 0.3) is 0 Å². The highest BCUT2D eigenvalue weighted by molar-refractivity contribution is 7.99. The first-order valence-corrected chi connectivity index (χ1v) is 11.5. The van der Waals surface area contributed by atoms with Gasteiger partial charge in [-0.05, 0) is 54.6 Å². The molecule has 2 unspecified atom stereocenters. The van der Waals surface area contributed by atoms with Gasteiger partial charge in [0.15, 0.2) is 0 Å². The highest BCUT2D eigenvalue weighted by Gasteiger charge is 2.61. The average molecular weight is 490 g/mol. The number of thioether (sulfide) groups is 1. The van der Waals surface area contributed by atoms with E-state index in [2.05, 4.69) is 5.32 Å². The van der Waals surface area contributed by atoms with Crippen molar-refractivity contribution >= 4 is 46.9 Å². The van der Waals surface area contributed by atoms with E-state index in [0.29, 0.717) is 16.9 Å². The van der Waals surface area contributed by atoms with Crippen LogP contribution in [0.15, 0.2) is 42.5 Å². The molecule has 3 rings (SSSR count). The van der Waals surface area contributed by atoms with Gasteiger partial charge in [0.2, 0.25) is 11.5 Å².